The third kappa shape index (κ3) is 2.81. The van der Waals surface area contributed by atoms with Crippen molar-refractivity contribution in [3.63, 3.8) is 0 Å². The molecule has 0 aromatic heterocycles. The van der Waals surface area contributed by atoms with Crippen molar-refractivity contribution in [1.82, 2.24) is 10.2 Å². The van der Waals surface area contributed by atoms with Gasteiger partial charge in [0.25, 0.3) is 0 Å². The van der Waals surface area contributed by atoms with Gasteiger partial charge < -0.3 is 10.2 Å². The van der Waals surface area contributed by atoms with Crippen LogP contribution in [0.15, 0.2) is 24.3 Å². The van der Waals surface area contributed by atoms with E-state index in [0.29, 0.717) is 5.91 Å². The van der Waals surface area contributed by atoms with Gasteiger partial charge in [0.05, 0.1) is 6.04 Å². The minimum absolute atomic E-state index is 0.0648. The molecular weight excluding hydrogens is 236 g/mol. The zero-order valence-corrected chi connectivity index (χ0v) is 11.4. The maximum absolute atomic E-state index is 12.5. The minimum atomic E-state index is 0.0648. The third-order valence-electron chi connectivity index (χ3n) is 4.34. The summed E-state index contributed by atoms with van der Waals surface area (Å²) in [6.45, 7) is 2.73. The molecule has 2 aliphatic rings. The molecule has 0 saturated carbocycles. The predicted octanol–water partition coefficient (Wildman–Crippen LogP) is 1.76. The maximum atomic E-state index is 12.5. The van der Waals surface area contributed by atoms with Gasteiger partial charge in [0.1, 0.15) is 0 Å². The fraction of sp³-hybridized carbons (Fsp3) is 0.562. The van der Waals surface area contributed by atoms with Crippen LogP contribution in [0.2, 0.25) is 0 Å². The molecule has 1 N–H and O–H groups in total. The van der Waals surface area contributed by atoms with Crippen molar-refractivity contribution in [2.75, 3.05) is 19.6 Å². The molecule has 1 aromatic rings. The van der Waals surface area contributed by atoms with E-state index in [1.54, 1.807) is 0 Å². The summed E-state index contributed by atoms with van der Waals surface area (Å²) in [7, 11) is 0. The van der Waals surface area contributed by atoms with Crippen molar-refractivity contribution in [3.8, 4) is 0 Å². The lowest BCUT2D eigenvalue weighted by Crippen LogP contribution is -2.49. The van der Waals surface area contributed by atoms with E-state index in [4.69, 9.17) is 0 Å². The molecular formula is C16H22N2O. The quantitative estimate of drug-likeness (QED) is 0.832. The minimum Gasteiger partial charge on any atom is -0.341 e. The van der Waals surface area contributed by atoms with Crippen LogP contribution in [0.25, 0.3) is 0 Å². The summed E-state index contributed by atoms with van der Waals surface area (Å²) < 4.78 is 0. The largest absolute Gasteiger partial charge is 0.341 e. The van der Waals surface area contributed by atoms with Gasteiger partial charge in [-0.15, -0.1) is 0 Å². The molecule has 102 valence electrons. The summed E-state index contributed by atoms with van der Waals surface area (Å²) in [5.74, 6) is 0.313. The first kappa shape index (κ1) is 12.7. The average Bonchev–Trinajstić information content (AvgIpc) is 2.70. The van der Waals surface area contributed by atoms with Gasteiger partial charge in [-0.25, -0.2) is 0 Å². The van der Waals surface area contributed by atoms with Crippen molar-refractivity contribution in [3.05, 3.63) is 35.4 Å². The van der Waals surface area contributed by atoms with E-state index >= 15 is 0 Å². The number of fused-ring (bicyclic) bond motifs is 1. The first-order valence-corrected chi connectivity index (χ1v) is 7.43. The van der Waals surface area contributed by atoms with E-state index in [2.05, 4.69) is 34.5 Å². The van der Waals surface area contributed by atoms with Crippen LogP contribution in [0.1, 0.15) is 30.4 Å². The molecule has 1 fully saturated rings. The Morgan fingerprint density at radius 1 is 1.11 bits per heavy atom. The highest BCUT2D eigenvalue weighted by molar-refractivity contribution is 5.82. The lowest BCUT2D eigenvalue weighted by Gasteiger charge is -2.29. The summed E-state index contributed by atoms with van der Waals surface area (Å²) in [5, 5.41) is 3.37. The number of nitrogens with one attached hydrogen (secondary N) is 1. The Morgan fingerprint density at radius 3 is 2.37 bits per heavy atom. The van der Waals surface area contributed by atoms with Crippen LogP contribution in [-0.2, 0) is 17.6 Å². The molecule has 1 amide bonds. The first-order chi connectivity index (χ1) is 9.34. The van der Waals surface area contributed by atoms with Gasteiger partial charge in [0.15, 0.2) is 0 Å². The topological polar surface area (TPSA) is 32.3 Å². The van der Waals surface area contributed by atoms with Crippen molar-refractivity contribution in [2.45, 2.75) is 38.1 Å². The smallest absolute Gasteiger partial charge is 0.239 e. The number of carbonyl (C=O) groups excluding carboxylic acids is 1. The molecule has 2 aliphatic heterocycles. The molecule has 19 heavy (non-hydrogen) atoms. The van der Waals surface area contributed by atoms with Gasteiger partial charge in [-0.3, -0.25) is 4.79 Å². The summed E-state index contributed by atoms with van der Waals surface area (Å²) in [6.07, 6.45) is 5.37. The van der Waals surface area contributed by atoms with E-state index in [1.165, 1.54) is 24.0 Å². The molecule has 1 atom stereocenters. The number of rotatable bonds is 1. The SMILES string of the molecule is O=C([C@H]1CCCCN1)N1CCc2ccccc2CC1. The van der Waals surface area contributed by atoms with Gasteiger partial charge in [-0.2, -0.15) is 0 Å². The highest BCUT2D eigenvalue weighted by Gasteiger charge is 2.26. The number of hydrogen-bond donors (Lipinski definition) is 1. The second kappa shape index (κ2) is 5.74. The number of amides is 1. The second-order valence-electron chi connectivity index (χ2n) is 5.60. The van der Waals surface area contributed by atoms with Crippen LogP contribution in [0.5, 0.6) is 0 Å². The van der Waals surface area contributed by atoms with E-state index < -0.39 is 0 Å². The first-order valence-electron chi connectivity index (χ1n) is 7.43. The molecule has 1 saturated heterocycles. The Balaban J connectivity index is 1.66. The second-order valence-corrected chi connectivity index (χ2v) is 5.60. The number of carbonyl (C=O) groups is 1. The van der Waals surface area contributed by atoms with Crippen LogP contribution in [0.3, 0.4) is 0 Å². The Bertz CT molecular complexity index is 425. The molecule has 1 aromatic carbocycles. The summed E-state index contributed by atoms with van der Waals surface area (Å²) in [4.78, 5) is 14.6. The molecule has 0 bridgehead atoms. The van der Waals surface area contributed by atoms with Crippen molar-refractivity contribution >= 4 is 5.91 Å². The normalized spacial score (nSPS) is 23.6. The Kier molecular flexibility index (Phi) is 3.83. The lowest BCUT2D eigenvalue weighted by atomic mass is 10.0. The van der Waals surface area contributed by atoms with Crippen molar-refractivity contribution < 1.29 is 4.79 Å². The van der Waals surface area contributed by atoms with Crippen LogP contribution >= 0.6 is 0 Å². The monoisotopic (exact) mass is 258 g/mol. The Labute approximate surface area is 115 Å². The van der Waals surface area contributed by atoms with Gasteiger partial charge >= 0.3 is 0 Å². The van der Waals surface area contributed by atoms with E-state index in [0.717, 1.165) is 38.9 Å². The fourth-order valence-electron chi connectivity index (χ4n) is 3.17. The van der Waals surface area contributed by atoms with E-state index in [9.17, 15) is 4.79 Å². The maximum Gasteiger partial charge on any atom is 0.239 e. The number of piperidine rings is 1. The molecule has 2 heterocycles. The van der Waals surface area contributed by atoms with Crippen LogP contribution in [0, 0.1) is 0 Å². The zero-order valence-electron chi connectivity index (χ0n) is 11.4. The van der Waals surface area contributed by atoms with Gasteiger partial charge in [0, 0.05) is 13.1 Å². The number of benzene rings is 1. The van der Waals surface area contributed by atoms with Crippen LogP contribution < -0.4 is 5.32 Å². The zero-order chi connectivity index (χ0) is 13.1. The molecule has 0 spiro atoms. The molecule has 0 aliphatic carbocycles. The summed E-state index contributed by atoms with van der Waals surface area (Å²) in [5.41, 5.74) is 2.82. The average molecular weight is 258 g/mol. The van der Waals surface area contributed by atoms with Crippen LogP contribution in [0.4, 0.5) is 0 Å². The molecule has 3 nitrogen and oxygen atoms in total. The summed E-state index contributed by atoms with van der Waals surface area (Å²) >= 11 is 0. The molecule has 0 unspecified atom stereocenters. The molecule has 3 heteroatoms. The molecule has 3 rings (SSSR count). The molecule has 0 radical (unpaired) electrons. The summed E-state index contributed by atoms with van der Waals surface area (Å²) in [6, 6.07) is 8.65. The van der Waals surface area contributed by atoms with Crippen LogP contribution in [-0.4, -0.2) is 36.5 Å². The van der Waals surface area contributed by atoms with Gasteiger partial charge in [0.2, 0.25) is 5.91 Å². The predicted molar refractivity (Wildman–Crippen MR) is 76.1 cm³/mol. The highest BCUT2D eigenvalue weighted by atomic mass is 16.2. The lowest BCUT2D eigenvalue weighted by molar-refractivity contribution is -0.133. The van der Waals surface area contributed by atoms with Gasteiger partial charge in [-0.1, -0.05) is 30.7 Å². The third-order valence-corrected chi connectivity index (χ3v) is 4.34. The Morgan fingerprint density at radius 2 is 1.79 bits per heavy atom. The standard InChI is InChI=1S/C16H22N2O/c19-16(15-7-3-4-10-17-15)18-11-8-13-5-1-2-6-14(13)9-12-18/h1-2,5-6,15,17H,3-4,7-12H2/t15-/m1/s1. The van der Waals surface area contributed by atoms with E-state index in [1.807, 2.05) is 0 Å². The fourth-order valence-corrected chi connectivity index (χ4v) is 3.17. The Hall–Kier alpha value is -1.35. The van der Waals surface area contributed by atoms with Crippen molar-refractivity contribution in [2.24, 2.45) is 0 Å². The van der Waals surface area contributed by atoms with Crippen molar-refractivity contribution in [1.29, 1.82) is 0 Å². The highest BCUT2D eigenvalue weighted by Crippen LogP contribution is 2.17. The van der Waals surface area contributed by atoms with E-state index in [-0.39, 0.29) is 6.04 Å². The van der Waals surface area contributed by atoms with Gasteiger partial charge in [-0.05, 0) is 43.4 Å². The number of hydrogen-bond acceptors (Lipinski definition) is 2. The number of nitrogens with zero attached hydrogens (tertiary/aromatic N) is 1.